The summed E-state index contributed by atoms with van der Waals surface area (Å²) >= 11 is 0. The summed E-state index contributed by atoms with van der Waals surface area (Å²) in [6.45, 7) is 2.26. The monoisotopic (exact) mass is 482 g/mol. The number of carbonyl (C=O) groups excluding carboxylic acids is 2. The second kappa shape index (κ2) is 23.6. The Kier molecular flexibility index (Phi) is 22.9. The second-order valence-corrected chi connectivity index (χ2v) is 9.03. The Labute approximate surface area is 230 Å². The third kappa shape index (κ3) is 18.3. The topological polar surface area (TPSA) is 63.6 Å². The van der Waals surface area contributed by atoms with Gasteiger partial charge in [0, 0.05) is 6.42 Å². The number of hydrogen-bond acceptors (Lipinski definition) is 4. The number of para-hydroxylation sites is 1. The summed E-state index contributed by atoms with van der Waals surface area (Å²) in [5.41, 5.74) is 0.0232. The van der Waals surface area contributed by atoms with Crippen molar-refractivity contribution in [2.75, 3.05) is 0 Å². The van der Waals surface area contributed by atoms with Gasteiger partial charge in [0.1, 0.15) is 11.3 Å². The van der Waals surface area contributed by atoms with E-state index in [1.807, 2.05) is 0 Å². The molecule has 4 nitrogen and oxygen atoms in total. The van der Waals surface area contributed by atoms with E-state index in [4.69, 9.17) is 4.74 Å². The third-order valence-electron chi connectivity index (χ3n) is 5.97. The van der Waals surface area contributed by atoms with Crippen LogP contribution in [0.4, 0.5) is 0 Å². The molecule has 0 fully saturated rings. The van der Waals surface area contributed by atoms with Crippen LogP contribution in [0.5, 0.6) is 5.75 Å². The Morgan fingerprint density at radius 3 is 1.74 bits per heavy atom. The van der Waals surface area contributed by atoms with Crippen molar-refractivity contribution in [3.63, 3.8) is 0 Å². The van der Waals surface area contributed by atoms with Crippen molar-refractivity contribution in [2.24, 2.45) is 0 Å². The Hall–Kier alpha value is -1.10. The average Bonchev–Trinajstić information content (AvgIpc) is 2.80. The van der Waals surface area contributed by atoms with Crippen molar-refractivity contribution in [1.82, 2.24) is 0 Å². The molecule has 1 aromatic rings. The molecular formula is C29H47NaO4. The minimum atomic E-state index is -0.786. The van der Waals surface area contributed by atoms with Gasteiger partial charge in [0.25, 0.3) is 0 Å². The summed E-state index contributed by atoms with van der Waals surface area (Å²) in [5, 5.41) is 9.62. The third-order valence-corrected chi connectivity index (χ3v) is 5.97. The molecule has 34 heavy (non-hydrogen) atoms. The van der Waals surface area contributed by atoms with Crippen molar-refractivity contribution in [3.05, 3.63) is 42.0 Å². The summed E-state index contributed by atoms with van der Waals surface area (Å²) in [5.74, 6) is -1.48. The number of ether oxygens (including phenoxy) is 1. The molecule has 0 unspecified atom stereocenters. The molecule has 1 N–H and O–H groups in total. The van der Waals surface area contributed by atoms with Crippen LogP contribution in [0.3, 0.4) is 0 Å². The first-order chi connectivity index (χ1) is 16.1. The maximum atomic E-state index is 11.9. The molecule has 0 saturated carbocycles. The number of allylic oxidation sites excluding steroid dienone is 2. The second-order valence-electron chi connectivity index (χ2n) is 9.03. The number of carbonyl (C=O) groups is 2. The molecule has 0 saturated heterocycles. The molecule has 0 aliphatic heterocycles. The summed E-state index contributed by atoms with van der Waals surface area (Å²) in [6, 6.07) is 6.08. The molecule has 188 valence electrons. The van der Waals surface area contributed by atoms with Crippen LogP contribution in [0.1, 0.15) is 133 Å². The van der Waals surface area contributed by atoms with Gasteiger partial charge in [0.05, 0.1) is 0 Å². The van der Waals surface area contributed by atoms with Gasteiger partial charge in [0.15, 0.2) is 0 Å². The maximum absolute atomic E-state index is 11.9. The Morgan fingerprint density at radius 1 is 0.735 bits per heavy atom. The summed E-state index contributed by atoms with van der Waals surface area (Å²) < 4.78 is 4.81. The van der Waals surface area contributed by atoms with Gasteiger partial charge in [-0.2, -0.15) is 0 Å². The van der Waals surface area contributed by atoms with Gasteiger partial charge >= 0.3 is 41.5 Å². The number of benzene rings is 1. The van der Waals surface area contributed by atoms with Gasteiger partial charge in [-0.05, 0) is 44.2 Å². The van der Waals surface area contributed by atoms with Crippen molar-refractivity contribution >= 4 is 41.5 Å². The molecular weight excluding hydrogens is 435 g/mol. The fourth-order valence-electron chi connectivity index (χ4n) is 3.90. The van der Waals surface area contributed by atoms with Gasteiger partial charge in [-0.15, -0.1) is 0 Å². The zero-order valence-corrected chi connectivity index (χ0v) is 20.9. The van der Waals surface area contributed by atoms with E-state index in [9.17, 15) is 14.7 Å². The van der Waals surface area contributed by atoms with E-state index in [2.05, 4.69) is 19.1 Å². The number of aromatic hydroxyl groups is 1. The Bertz CT molecular complexity index is 672. The number of hydrogen-bond donors (Lipinski definition) is 1. The summed E-state index contributed by atoms with van der Waals surface area (Å²) in [6.07, 6.45) is 26.2. The van der Waals surface area contributed by atoms with Gasteiger partial charge in [-0.3, -0.25) is 4.79 Å². The number of phenolic OH excluding ortho intramolecular Hbond substituents is 1. The molecule has 0 aliphatic rings. The molecule has 5 heteroatoms. The van der Waals surface area contributed by atoms with Gasteiger partial charge < -0.3 is 9.84 Å². The van der Waals surface area contributed by atoms with Gasteiger partial charge in [0.2, 0.25) is 0 Å². The molecule has 0 radical (unpaired) electrons. The van der Waals surface area contributed by atoms with E-state index < -0.39 is 11.9 Å². The quantitative estimate of drug-likeness (QED) is 0.0672. The zero-order chi connectivity index (χ0) is 24.0. The van der Waals surface area contributed by atoms with E-state index in [1.54, 1.807) is 12.1 Å². The number of esters is 2. The van der Waals surface area contributed by atoms with Crippen LogP contribution in [0, 0.1) is 0 Å². The normalized spacial score (nSPS) is 10.9. The molecule has 0 aromatic heterocycles. The number of unbranched alkanes of at least 4 members (excludes halogenated alkanes) is 15. The SMILES string of the molecule is CCCCCCCC/C=C\CCCCCCCCCCCC(=O)OC(=O)c1ccccc1O.[NaH]. The van der Waals surface area contributed by atoms with Crippen LogP contribution in [-0.2, 0) is 9.53 Å². The van der Waals surface area contributed by atoms with Crippen LogP contribution in [0.2, 0.25) is 0 Å². The van der Waals surface area contributed by atoms with Gasteiger partial charge in [-0.25, -0.2) is 4.79 Å². The first-order valence-electron chi connectivity index (χ1n) is 13.3. The first-order valence-corrected chi connectivity index (χ1v) is 13.3. The van der Waals surface area contributed by atoms with Gasteiger partial charge in [-0.1, -0.05) is 108 Å². The van der Waals surface area contributed by atoms with Crippen LogP contribution >= 0.6 is 0 Å². The Balaban J connectivity index is 0.0000109. The van der Waals surface area contributed by atoms with Crippen molar-refractivity contribution in [2.45, 2.75) is 122 Å². The Morgan fingerprint density at radius 2 is 1.21 bits per heavy atom. The molecule has 0 atom stereocenters. The first kappa shape index (κ1) is 32.9. The van der Waals surface area contributed by atoms with Crippen LogP contribution in [0.25, 0.3) is 0 Å². The zero-order valence-electron chi connectivity index (χ0n) is 20.9. The molecule has 0 bridgehead atoms. The molecule has 0 spiro atoms. The van der Waals surface area contributed by atoms with E-state index in [-0.39, 0.29) is 47.3 Å². The van der Waals surface area contributed by atoms with E-state index >= 15 is 0 Å². The van der Waals surface area contributed by atoms with E-state index in [0.29, 0.717) is 0 Å². The van der Waals surface area contributed by atoms with E-state index in [1.165, 1.54) is 102 Å². The van der Waals surface area contributed by atoms with Crippen molar-refractivity contribution in [3.8, 4) is 5.75 Å². The molecule has 0 amide bonds. The van der Waals surface area contributed by atoms with Crippen LogP contribution in [-0.4, -0.2) is 46.6 Å². The molecule has 0 heterocycles. The summed E-state index contributed by atoms with van der Waals surface area (Å²) in [7, 11) is 0. The molecule has 1 rings (SSSR count). The fourth-order valence-corrected chi connectivity index (χ4v) is 3.90. The van der Waals surface area contributed by atoms with Crippen molar-refractivity contribution in [1.29, 1.82) is 0 Å². The summed E-state index contributed by atoms with van der Waals surface area (Å²) in [4.78, 5) is 23.7. The van der Waals surface area contributed by atoms with Crippen molar-refractivity contribution < 1.29 is 19.4 Å². The number of phenols is 1. The predicted molar refractivity (Wildman–Crippen MR) is 144 cm³/mol. The van der Waals surface area contributed by atoms with E-state index in [0.717, 1.165) is 19.3 Å². The van der Waals surface area contributed by atoms with Crippen LogP contribution in [0.15, 0.2) is 36.4 Å². The minimum absolute atomic E-state index is 0. The average molecular weight is 483 g/mol. The molecule has 1 aromatic carbocycles. The van der Waals surface area contributed by atoms with Crippen LogP contribution < -0.4 is 0 Å². The fraction of sp³-hybridized carbons (Fsp3) is 0.655. The number of rotatable bonds is 20. The standard InChI is InChI=1S/C29H46O4.Na.H/c1-2-3-4-5-6-7-8-9-10-11-12-13-14-15-16-17-18-19-20-25-28(31)33-29(32)26-23-21-22-24-27(26)30;;/h9-10,21-24,30H,2-8,11-20,25H2,1H3;;/b10-9-;;. The predicted octanol–water partition coefficient (Wildman–Crippen LogP) is 8.03. The molecule has 0 aliphatic carbocycles.